The Bertz CT molecular complexity index is 635. The van der Waals surface area contributed by atoms with Gasteiger partial charge in [-0.2, -0.15) is 0 Å². The quantitative estimate of drug-likeness (QED) is 0.580. The Morgan fingerprint density at radius 2 is 1.80 bits per heavy atom. The summed E-state index contributed by atoms with van der Waals surface area (Å²) in [6.45, 7) is 6.88. The number of hydrogen-bond acceptors (Lipinski definition) is 4. The molecule has 0 heterocycles. The Hall–Kier alpha value is -2.63. The van der Waals surface area contributed by atoms with Crippen LogP contribution >= 0.6 is 0 Å². The summed E-state index contributed by atoms with van der Waals surface area (Å²) in [5, 5.41) is 2.70. The Morgan fingerprint density at radius 1 is 1.16 bits per heavy atom. The Labute approximate surface area is 148 Å². The highest BCUT2D eigenvalue weighted by molar-refractivity contribution is 6.07. The minimum atomic E-state index is -0.439. The van der Waals surface area contributed by atoms with Gasteiger partial charge in [0, 0.05) is 30.4 Å². The molecule has 25 heavy (non-hydrogen) atoms. The number of nitrogens with zero attached hydrogens (tertiary/aromatic N) is 1. The summed E-state index contributed by atoms with van der Waals surface area (Å²) in [5.74, 6) is -0.957. The van der Waals surface area contributed by atoms with Gasteiger partial charge in [0.2, 0.25) is 5.91 Å². The van der Waals surface area contributed by atoms with Gasteiger partial charge in [-0.3, -0.25) is 9.59 Å². The summed E-state index contributed by atoms with van der Waals surface area (Å²) in [5.41, 5.74) is 1.27. The van der Waals surface area contributed by atoms with Crippen LogP contribution in [-0.2, 0) is 14.3 Å². The lowest BCUT2D eigenvalue weighted by molar-refractivity contribution is -0.126. The zero-order chi connectivity index (χ0) is 18.8. The zero-order valence-corrected chi connectivity index (χ0v) is 15.3. The maximum absolute atomic E-state index is 12.2. The molecule has 136 valence electrons. The summed E-state index contributed by atoms with van der Waals surface area (Å²) in [7, 11) is 1.31. The summed E-state index contributed by atoms with van der Waals surface area (Å²) in [4.78, 5) is 37.5. The number of anilines is 1. The highest BCUT2D eigenvalue weighted by Gasteiger charge is 2.12. The third-order valence-corrected chi connectivity index (χ3v) is 3.74. The number of esters is 1. The molecular weight excluding hydrogens is 320 g/mol. The second kappa shape index (κ2) is 10.3. The average molecular weight is 346 g/mol. The second-order valence-corrected chi connectivity index (χ2v) is 5.62. The van der Waals surface area contributed by atoms with Gasteiger partial charge in [0.05, 0.1) is 12.7 Å². The Kier molecular flexibility index (Phi) is 8.39. The van der Waals surface area contributed by atoms with Gasteiger partial charge < -0.3 is 15.0 Å². The Morgan fingerprint density at radius 3 is 2.32 bits per heavy atom. The SMILES string of the molecule is CCCCN(CC)C(=O)/C=C(\C)C(=O)Nc1ccc(C(=O)OC)cc1. The van der Waals surface area contributed by atoms with Crippen LogP contribution in [0.4, 0.5) is 5.69 Å². The van der Waals surface area contributed by atoms with E-state index >= 15 is 0 Å². The molecule has 6 nitrogen and oxygen atoms in total. The van der Waals surface area contributed by atoms with Crippen LogP contribution in [0.5, 0.6) is 0 Å². The van der Waals surface area contributed by atoms with Crippen molar-refractivity contribution in [1.82, 2.24) is 4.90 Å². The van der Waals surface area contributed by atoms with Gasteiger partial charge in [0.1, 0.15) is 0 Å². The highest BCUT2D eigenvalue weighted by Crippen LogP contribution is 2.12. The fourth-order valence-electron chi connectivity index (χ4n) is 2.15. The van der Waals surface area contributed by atoms with E-state index in [-0.39, 0.29) is 11.8 Å². The molecule has 0 aromatic heterocycles. The van der Waals surface area contributed by atoms with Gasteiger partial charge in [-0.15, -0.1) is 0 Å². The molecule has 0 saturated carbocycles. The molecule has 1 aromatic carbocycles. The molecule has 1 aromatic rings. The maximum Gasteiger partial charge on any atom is 0.337 e. The van der Waals surface area contributed by atoms with Crippen molar-refractivity contribution in [2.45, 2.75) is 33.6 Å². The van der Waals surface area contributed by atoms with E-state index in [0.29, 0.717) is 29.9 Å². The van der Waals surface area contributed by atoms with Crippen LogP contribution < -0.4 is 5.32 Å². The topological polar surface area (TPSA) is 75.7 Å². The second-order valence-electron chi connectivity index (χ2n) is 5.62. The minimum absolute atomic E-state index is 0.162. The molecule has 2 amide bonds. The number of carbonyl (C=O) groups excluding carboxylic acids is 3. The van der Waals surface area contributed by atoms with Crippen molar-refractivity contribution in [3.8, 4) is 0 Å². The van der Waals surface area contributed by atoms with Gasteiger partial charge in [-0.25, -0.2) is 4.79 Å². The number of nitrogens with one attached hydrogen (secondary N) is 1. The van der Waals surface area contributed by atoms with Crippen LogP contribution in [0, 0.1) is 0 Å². The highest BCUT2D eigenvalue weighted by atomic mass is 16.5. The molecule has 0 aliphatic heterocycles. The number of amides is 2. The summed E-state index contributed by atoms with van der Waals surface area (Å²) in [6, 6.07) is 6.35. The number of carbonyl (C=O) groups is 3. The van der Waals surface area contributed by atoms with Crippen molar-refractivity contribution >= 4 is 23.5 Å². The minimum Gasteiger partial charge on any atom is -0.465 e. The largest absolute Gasteiger partial charge is 0.465 e. The number of benzene rings is 1. The van der Waals surface area contributed by atoms with E-state index in [1.54, 1.807) is 36.1 Å². The van der Waals surface area contributed by atoms with E-state index in [4.69, 9.17) is 0 Å². The normalized spacial score (nSPS) is 11.0. The van der Waals surface area contributed by atoms with Crippen molar-refractivity contribution in [1.29, 1.82) is 0 Å². The van der Waals surface area contributed by atoms with E-state index in [1.165, 1.54) is 13.2 Å². The number of rotatable bonds is 8. The molecule has 0 spiro atoms. The predicted molar refractivity (Wildman–Crippen MR) is 97.3 cm³/mol. The molecular formula is C19H26N2O4. The lowest BCUT2D eigenvalue weighted by Crippen LogP contribution is -2.31. The van der Waals surface area contributed by atoms with E-state index in [2.05, 4.69) is 17.0 Å². The third-order valence-electron chi connectivity index (χ3n) is 3.74. The number of unbranched alkanes of at least 4 members (excludes halogenated alkanes) is 1. The third kappa shape index (κ3) is 6.41. The molecule has 6 heteroatoms. The monoisotopic (exact) mass is 346 g/mol. The first-order valence-corrected chi connectivity index (χ1v) is 8.39. The van der Waals surface area contributed by atoms with Gasteiger partial charge in [-0.1, -0.05) is 13.3 Å². The van der Waals surface area contributed by atoms with Gasteiger partial charge in [0.15, 0.2) is 0 Å². The lowest BCUT2D eigenvalue weighted by Gasteiger charge is -2.19. The number of likely N-dealkylation sites (N-methyl/N-ethyl adjacent to an activating group) is 1. The van der Waals surface area contributed by atoms with Crippen molar-refractivity contribution in [3.05, 3.63) is 41.5 Å². The maximum atomic E-state index is 12.2. The number of ether oxygens (including phenoxy) is 1. The summed E-state index contributed by atoms with van der Waals surface area (Å²) >= 11 is 0. The molecule has 0 fully saturated rings. The first-order chi connectivity index (χ1) is 11.9. The molecule has 0 unspecified atom stereocenters. The fraction of sp³-hybridized carbons (Fsp3) is 0.421. The van der Waals surface area contributed by atoms with Gasteiger partial charge in [0.25, 0.3) is 5.91 Å². The smallest absolute Gasteiger partial charge is 0.337 e. The number of hydrogen-bond donors (Lipinski definition) is 1. The molecule has 0 saturated heterocycles. The van der Waals surface area contributed by atoms with Crippen molar-refractivity contribution in [3.63, 3.8) is 0 Å². The van der Waals surface area contributed by atoms with E-state index in [9.17, 15) is 14.4 Å². The first kappa shape index (κ1) is 20.4. The molecule has 1 N–H and O–H groups in total. The average Bonchev–Trinajstić information content (AvgIpc) is 2.62. The van der Waals surface area contributed by atoms with Crippen LogP contribution in [0.25, 0.3) is 0 Å². The molecule has 0 bridgehead atoms. The first-order valence-electron chi connectivity index (χ1n) is 8.39. The molecule has 0 aliphatic rings. The van der Waals surface area contributed by atoms with Crippen molar-refractivity contribution in [2.24, 2.45) is 0 Å². The summed E-state index contributed by atoms with van der Waals surface area (Å²) in [6.07, 6.45) is 3.30. The van der Waals surface area contributed by atoms with Crippen molar-refractivity contribution in [2.75, 3.05) is 25.5 Å². The van der Waals surface area contributed by atoms with Gasteiger partial charge in [-0.05, 0) is 44.5 Å². The van der Waals surface area contributed by atoms with Crippen LogP contribution in [0.15, 0.2) is 35.9 Å². The van der Waals surface area contributed by atoms with Crippen LogP contribution in [0.2, 0.25) is 0 Å². The van der Waals surface area contributed by atoms with E-state index in [0.717, 1.165) is 12.8 Å². The lowest BCUT2D eigenvalue weighted by atomic mass is 10.2. The number of methoxy groups -OCH3 is 1. The fourth-order valence-corrected chi connectivity index (χ4v) is 2.15. The molecule has 0 aliphatic carbocycles. The van der Waals surface area contributed by atoms with E-state index in [1.807, 2.05) is 6.92 Å². The van der Waals surface area contributed by atoms with Gasteiger partial charge >= 0.3 is 5.97 Å². The van der Waals surface area contributed by atoms with E-state index < -0.39 is 5.97 Å². The van der Waals surface area contributed by atoms with Crippen LogP contribution in [0.1, 0.15) is 44.0 Å². The predicted octanol–water partition coefficient (Wildman–Crippen LogP) is 3.01. The zero-order valence-electron chi connectivity index (χ0n) is 15.3. The van der Waals surface area contributed by atoms with Crippen LogP contribution in [-0.4, -0.2) is 42.9 Å². The molecule has 0 radical (unpaired) electrons. The Balaban J connectivity index is 2.72. The molecule has 0 atom stereocenters. The van der Waals surface area contributed by atoms with Crippen LogP contribution in [0.3, 0.4) is 0 Å². The van der Waals surface area contributed by atoms with Crippen molar-refractivity contribution < 1.29 is 19.1 Å². The molecule has 1 rings (SSSR count). The standard InChI is InChI=1S/C19H26N2O4/c1-5-7-12-21(6-2)17(22)13-14(3)18(23)20-16-10-8-15(9-11-16)19(24)25-4/h8-11,13H,5-7,12H2,1-4H3,(H,20,23)/b14-13+. The summed E-state index contributed by atoms with van der Waals surface area (Å²) < 4.78 is 4.62.